The molecule has 0 aliphatic carbocycles. The van der Waals surface area contributed by atoms with Gasteiger partial charge in [-0.3, -0.25) is 9.59 Å². The average molecular weight is 340 g/mol. The van der Waals surface area contributed by atoms with Crippen molar-refractivity contribution in [1.82, 2.24) is 0 Å². The first kappa shape index (κ1) is 21.4. The Morgan fingerprint density at radius 2 is 1.12 bits per heavy atom. The highest BCUT2D eigenvalue weighted by Gasteiger charge is 2.18. The van der Waals surface area contributed by atoms with Crippen molar-refractivity contribution in [3.8, 4) is 0 Å². The maximum Gasteiger partial charge on any atom is 0.331 e. The number of carbonyl (C=O) groups excluding carboxylic acids is 4. The third-order valence-corrected chi connectivity index (χ3v) is 2.57. The van der Waals surface area contributed by atoms with Gasteiger partial charge in [-0.05, 0) is 25.0 Å². The second-order valence-electron chi connectivity index (χ2n) is 4.91. The zero-order valence-corrected chi connectivity index (χ0v) is 13.5. The molecule has 0 aromatic carbocycles. The molecule has 0 fully saturated rings. The van der Waals surface area contributed by atoms with Gasteiger partial charge in [0.25, 0.3) is 0 Å². The van der Waals surface area contributed by atoms with E-state index in [1.165, 1.54) is 13.8 Å². The van der Waals surface area contributed by atoms with Crippen molar-refractivity contribution in [3.63, 3.8) is 0 Å². The first-order valence-corrected chi connectivity index (χ1v) is 6.83. The Hall–Kier alpha value is -2.58. The van der Waals surface area contributed by atoms with Gasteiger partial charge >= 0.3 is 11.9 Å². The molecule has 8 heteroatoms. The molecule has 2 atom stereocenters. The molecule has 132 valence electrons. The highest BCUT2D eigenvalue weighted by Crippen LogP contribution is 1.99. The predicted molar refractivity (Wildman–Crippen MR) is 82.7 cm³/mol. The molecule has 0 aliphatic heterocycles. The molecule has 2 N–H and O–H groups in total. The van der Waals surface area contributed by atoms with Gasteiger partial charge in [0.15, 0.2) is 23.8 Å². The summed E-state index contributed by atoms with van der Waals surface area (Å²) in [5, 5.41) is 18.8. The molecule has 0 radical (unpaired) electrons. The summed E-state index contributed by atoms with van der Waals surface area (Å²) in [6.45, 7) is 8.31. The van der Waals surface area contributed by atoms with Crippen molar-refractivity contribution in [2.75, 3.05) is 13.2 Å². The van der Waals surface area contributed by atoms with Gasteiger partial charge in [-0.1, -0.05) is 13.2 Å². The number of Topliss-reactive ketones (excluding diaryl/α,β-unsaturated/α-hetero) is 2. The highest BCUT2D eigenvalue weighted by atomic mass is 16.5. The third-order valence-electron chi connectivity index (χ3n) is 2.57. The van der Waals surface area contributed by atoms with Crippen LogP contribution in [0.25, 0.3) is 0 Å². The topological polar surface area (TPSA) is 127 Å². The minimum atomic E-state index is -1.53. The standard InChI is InChI=1S/C16H20O8/c1-9(2)15(21)11(17)7-23-13(19)5-6-14(20)24-8-12(18)16(22)10(3)4/h5-6,11-12,17-18H,1,3,7-8H2,2,4H3/b6-5-. The van der Waals surface area contributed by atoms with Crippen molar-refractivity contribution in [2.45, 2.75) is 26.1 Å². The Bertz CT molecular complexity index is 523. The molecule has 0 aromatic heterocycles. The quantitative estimate of drug-likeness (QED) is 0.408. The van der Waals surface area contributed by atoms with E-state index in [-0.39, 0.29) is 11.1 Å². The van der Waals surface area contributed by atoms with Crippen molar-refractivity contribution in [2.24, 2.45) is 0 Å². The summed E-state index contributed by atoms with van der Waals surface area (Å²) in [7, 11) is 0. The molecule has 0 bridgehead atoms. The Labute approximate surface area is 139 Å². The number of aliphatic hydroxyl groups is 2. The molecular formula is C16H20O8. The first-order chi connectivity index (χ1) is 11.1. The molecule has 0 spiro atoms. The molecule has 0 saturated carbocycles. The van der Waals surface area contributed by atoms with E-state index in [1.54, 1.807) is 0 Å². The summed E-state index contributed by atoms with van der Waals surface area (Å²) in [4.78, 5) is 45.2. The van der Waals surface area contributed by atoms with Gasteiger partial charge in [0.05, 0.1) is 0 Å². The Balaban J connectivity index is 4.24. The Morgan fingerprint density at radius 1 is 0.833 bits per heavy atom. The maximum atomic E-state index is 11.3. The predicted octanol–water partition coefficient (Wildman–Crippen LogP) is -0.359. The van der Waals surface area contributed by atoms with Gasteiger partial charge in [-0.2, -0.15) is 0 Å². The fourth-order valence-electron chi connectivity index (χ4n) is 1.27. The number of carbonyl (C=O) groups is 4. The van der Waals surface area contributed by atoms with E-state index in [2.05, 4.69) is 22.6 Å². The molecule has 2 unspecified atom stereocenters. The van der Waals surface area contributed by atoms with Crippen LogP contribution in [0.5, 0.6) is 0 Å². The van der Waals surface area contributed by atoms with Crippen LogP contribution in [0.4, 0.5) is 0 Å². The lowest BCUT2D eigenvalue weighted by atomic mass is 10.1. The van der Waals surface area contributed by atoms with Crippen molar-refractivity contribution in [1.29, 1.82) is 0 Å². The number of hydrogen-bond acceptors (Lipinski definition) is 8. The van der Waals surface area contributed by atoms with Crippen LogP contribution in [0.2, 0.25) is 0 Å². The third kappa shape index (κ3) is 8.16. The minimum absolute atomic E-state index is 0.112. The van der Waals surface area contributed by atoms with Crippen molar-refractivity contribution < 1.29 is 38.9 Å². The fraction of sp³-hybridized carbons (Fsp3) is 0.375. The molecule has 0 aliphatic rings. The number of ketones is 2. The largest absolute Gasteiger partial charge is 0.459 e. The van der Waals surface area contributed by atoms with Gasteiger partial charge in [0.1, 0.15) is 13.2 Å². The van der Waals surface area contributed by atoms with E-state index in [9.17, 15) is 29.4 Å². The molecule has 0 heterocycles. The summed E-state index contributed by atoms with van der Waals surface area (Å²) in [5.74, 6) is -3.30. The van der Waals surface area contributed by atoms with Gasteiger partial charge in [0.2, 0.25) is 0 Å². The van der Waals surface area contributed by atoms with Crippen LogP contribution in [0.15, 0.2) is 36.5 Å². The van der Waals surface area contributed by atoms with Crippen molar-refractivity contribution in [3.05, 3.63) is 36.5 Å². The zero-order chi connectivity index (χ0) is 18.9. The van der Waals surface area contributed by atoms with Crippen LogP contribution < -0.4 is 0 Å². The number of hydrogen-bond donors (Lipinski definition) is 2. The normalized spacial score (nSPS) is 13.0. The zero-order valence-electron chi connectivity index (χ0n) is 13.5. The van der Waals surface area contributed by atoms with E-state index >= 15 is 0 Å². The Morgan fingerprint density at radius 3 is 1.38 bits per heavy atom. The van der Waals surface area contributed by atoms with Crippen LogP contribution in [-0.2, 0) is 28.7 Å². The summed E-state index contributed by atoms with van der Waals surface area (Å²) in [6.07, 6.45) is -1.63. The van der Waals surface area contributed by atoms with Gasteiger partial charge < -0.3 is 19.7 Å². The number of esters is 2. The van der Waals surface area contributed by atoms with Crippen LogP contribution in [0.3, 0.4) is 0 Å². The molecule has 8 nitrogen and oxygen atoms in total. The van der Waals surface area contributed by atoms with Crippen LogP contribution >= 0.6 is 0 Å². The van der Waals surface area contributed by atoms with E-state index < -0.39 is 48.9 Å². The van der Waals surface area contributed by atoms with E-state index in [0.29, 0.717) is 12.2 Å². The molecule has 0 amide bonds. The summed E-state index contributed by atoms with van der Waals surface area (Å²) in [5.41, 5.74) is 0.223. The number of aliphatic hydroxyl groups excluding tert-OH is 2. The summed E-state index contributed by atoms with van der Waals surface area (Å²) >= 11 is 0. The van der Waals surface area contributed by atoms with Crippen LogP contribution in [-0.4, -0.2) is 59.1 Å². The molecule has 0 rings (SSSR count). The average Bonchev–Trinajstić information content (AvgIpc) is 2.53. The molecule has 24 heavy (non-hydrogen) atoms. The monoisotopic (exact) mass is 340 g/mol. The van der Waals surface area contributed by atoms with Crippen LogP contribution in [0.1, 0.15) is 13.8 Å². The maximum absolute atomic E-state index is 11.3. The SMILES string of the molecule is C=C(C)C(=O)C(O)COC(=O)/C=C\C(=O)OCC(O)C(=O)C(=C)C. The summed E-state index contributed by atoms with van der Waals surface area (Å²) < 4.78 is 9.12. The van der Waals surface area contributed by atoms with Crippen molar-refractivity contribution >= 4 is 23.5 Å². The van der Waals surface area contributed by atoms with Gasteiger partial charge in [-0.25, -0.2) is 9.59 Å². The van der Waals surface area contributed by atoms with E-state index in [4.69, 9.17) is 0 Å². The van der Waals surface area contributed by atoms with E-state index in [1.807, 2.05) is 0 Å². The highest BCUT2D eigenvalue weighted by molar-refractivity contribution is 5.98. The summed E-state index contributed by atoms with van der Waals surface area (Å²) in [6, 6.07) is 0. The first-order valence-electron chi connectivity index (χ1n) is 6.83. The van der Waals surface area contributed by atoms with E-state index in [0.717, 1.165) is 0 Å². The fourth-order valence-corrected chi connectivity index (χ4v) is 1.27. The van der Waals surface area contributed by atoms with Gasteiger partial charge in [0, 0.05) is 12.2 Å². The molecule has 0 saturated heterocycles. The minimum Gasteiger partial charge on any atom is -0.459 e. The van der Waals surface area contributed by atoms with Gasteiger partial charge in [-0.15, -0.1) is 0 Å². The number of ether oxygens (including phenoxy) is 2. The molecule has 0 aromatic rings. The smallest absolute Gasteiger partial charge is 0.331 e. The second kappa shape index (κ2) is 10.2. The lowest BCUT2D eigenvalue weighted by Gasteiger charge is -2.09. The van der Waals surface area contributed by atoms with Crippen LogP contribution in [0, 0.1) is 0 Å². The second-order valence-corrected chi connectivity index (χ2v) is 4.91. The number of rotatable bonds is 10. The Kier molecular flexibility index (Phi) is 9.14. The lowest BCUT2D eigenvalue weighted by molar-refractivity contribution is -0.145. The lowest BCUT2D eigenvalue weighted by Crippen LogP contribution is -2.28. The molecular weight excluding hydrogens is 320 g/mol.